The van der Waals surface area contributed by atoms with Crippen molar-refractivity contribution in [1.82, 2.24) is 15.0 Å². The summed E-state index contributed by atoms with van der Waals surface area (Å²) >= 11 is 0. The van der Waals surface area contributed by atoms with Crippen LogP contribution in [0.5, 0.6) is 0 Å². The molecule has 0 bridgehead atoms. The summed E-state index contributed by atoms with van der Waals surface area (Å²) in [6.07, 6.45) is 0. The summed E-state index contributed by atoms with van der Waals surface area (Å²) in [5, 5.41) is 4.12. The molecule has 10 rings (SSSR count). The molecule has 5 heteroatoms. The Kier molecular flexibility index (Phi) is 6.42. The second-order valence-corrected chi connectivity index (χ2v) is 12.4. The molecular weight excluding hydrogens is 615 g/mol. The van der Waals surface area contributed by atoms with E-state index in [-0.39, 0.29) is 0 Å². The summed E-state index contributed by atoms with van der Waals surface area (Å²) in [5.41, 5.74) is 10.3. The van der Waals surface area contributed by atoms with Crippen LogP contribution in [-0.4, -0.2) is 15.0 Å². The second-order valence-electron chi connectivity index (χ2n) is 12.4. The van der Waals surface area contributed by atoms with E-state index in [1.165, 1.54) is 11.1 Å². The molecule has 0 amide bonds. The molecular formula is C45H27N3O2. The van der Waals surface area contributed by atoms with Crippen LogP contribution in [0.3, 0.4) is 0 Å². The van der Waals surface area contributed by atoms with Crippen LogP contribution in [0.2, 0.25) is 0 Å². The minimum atomic E-state index is 0.540. The Bertz CT molecular complexity index is 2850. The third kappa shape index (κ3) is 4.75. The molecule has 5 nitrogen and oxygen atoms in total. The van der Waals surface area contributed by atoms with E-state index in [4.69, 9.17) is 23.8 Å². The summed E-state index contributed by atoms with van der Waals surface area (Å²) in [4.78, 5) is 15.3. The van der Waals surface area contributed by atoms with Crippen LogP contribution in [0.15, 0.2) is 173 Å². The normalized spacial score (nSPS) is 11.6. The number of benzene rings is 7. The molecule has 0 saturated heterocycles. The quantitative estimate of drug-likeness (QED) is 0.187. The maximum Gasteiger partial charge on any atom is 0.167 e. The van der Waals surface area contributed by atoms with Crippen LogP contribution in [0.1, 0.15) is 0 Å². The SMILES string of the molecule is c1ccc(-c2ccc(-c3cc(-c4nc(-c5ccccc5)nc(-c5ccc6oc7ccccc7c6c5)n4)c4oc5ccccc5c4c3)cc2)cc1. The second kappa shape index (κ2) is 11.4. The number of para-hydroxylation sites is 2. The largest absolute Gasteiger partial charge is 0.456 e. The van der Waals surface area contributed by atoms with E-state index in [0.29, 0.717) is 17.5 Å². The highest BCUT2D eigenvalue weighted by molar-refractivity contribution is 6.11. The zero-order valence-electron chi connectivity index (χ0n) is 26.7. The van der Waals surface area contributed by atoms with Crippen LogP contribution in [-0.2, 0) is 0 Å². The highest BCUT2D eigenvalue weighted by Crippen LogP contribution is 2.40. The van der Waals surface area contributed by atoms with Crippen molar-refractivity contribution in [2.75, 3.05) is 0 Å². The fourth-order valence-corrected chi connectivity index (χ4v) is 6.85. The summed E-state index contributed by atoms with van der Waals surface area (Å²) in [7, 11) is 0. The van der Waals surface area contributed by atoms with E-state index in [9.17, 15) is 0 Å². The molecule has 7 aromatic carbocycles. The van der Waals surface area contributed by atoms with Crippen LogP contribution in [0.4, 0.5) is 0 Å². The first-order valence-electron chi connectivity index (χ1n) is 16.6. The predicted molar refractivity (Wildman–Crippen MR) is 202 cm³/mol. The molecule has 0 N–H and O–H groups in total. The average molecular weight is 642 g/mol. The van der Waals surface area contributed by atoms with Crippen molar-refractivity contribution in [2.45, 2.75) is 0 Å². The number of furan rings is 2. The summed E-state index contributed by atoms with van der Waals surface area (Å²) in [5.74, 6) is 1.70. The zero-order chi connectivity index (χ0) is 33.0. The molecule has 0 fully saturated rings. The molecule has 0 unspecified atom stereocenters. The van der Waals surface area contributed by atoms with Gasteiger partial charge in [0.1, 0.15) is 22.3 Å². The van der Waals surface area contributed by atoms with Gasteiger partial charge >= 0.3 is 0 Å². The lowest BCUT2D eigenvalue weighted by Crippen LogP contribution is -2.00. The van der Waals surface area contributed by atoms with E-state index < -0.39 is 0 Å². The van der Waals surface area contributed by atoms with Gasteiger partial charge in [-0.3, -0.25) is 0 Å². The van der Waals surface area contributed by atoms with E-state index in [1.54, 1.807) is 0 Å². The Morgan fingerprint density at radius 2 is 0.780 bits per heavy atom. The molecule has 0 atom stereocenters. The lowest BCUT2D eigenvalue weighted by Gasteiger charge is -2.11. The standard InChI is InChI=1S/C45H27N3O2/c1-3-11-28(12-4-1)29-19-21-30(22-20-29)33-26-37-35-16-8-10-18-40(35)50-42(37)38(27-33)45-47-43(31-13-5-2-6-14-31)46-44(48-45)32-23-24-41-36(25-32)34-15-7-9-17-39(34)49-41/h1-27H. The van der Waals surface area contributed by atoms with Crippen molar-refractivity contribution in [3.05, 3.63) is 164 Å². The van der Waals surface area contributed by atoms with Crippen LogP contribution in [0.25, 0.3) is 100 Å². The lowest BCUT2D eigenvalue weighted by molar-refractivity contribution is 0.669. The number of rotatable bonds is 5. The molecule has 10 aromatic rings. The van der Waals surface area contributed by atoms with Crippen molar-refractivity contribution >= 4 is 43.9 Å². The lowest BCUT2D eigenvalue weighted by atomic mass is 9.97. The Labute approximate surface area is 287 Å². The third-order valence-electron chi connectivity index (χ3n) is 9.35. The van der Waals surface area contributed by atoms with Gasteiger partial charge in [0.15, 0.2) is 17.5 Å². The Hall–Kier alpha value is -6.85. The Morgan fingerprint density at radius 3 is 1.50 bits per heavy atom. The number of fused-ring (bicyclic) bond motifs is 6. The highest BCUT2D eigenvalue weighted by atomic mass is 16.3. The van der Waals surface area contributed by atoms with Crippen molar-refractivity contribution in [2.24, 2.45) is 0 Å². The van der Waals surface area contributed by atoms with Gasteiger partial charge in [-0.25, -0.2) is 15.0 Å². The summed E-state index contributed by atoms with van der Waals surface area (Å²) < 4.78 is 12.7. The molecule has 0 spiro atoms. The van der Waals surface area contributed by atoms with Gasteiger partial charge in [-0.2, -0.15) is 0 Å². The van der Waals surface area contributed by atoms with Crippen LogP contribution in [0, 0.1) is 0 Å². The van der Waals surface area contributed by atoms with Gasteiger partial charge in [-0.15, -0.1) is 0 Å². The molecule has 234 valence electrons. The van der Waals surface area contributed by atoms with Gasteiger partial charge in [0, 0.05) is 32.7 Å². The minimum absolute atomic E-state index is 0.540. The van der Waals surface area contributed by atoms with E-state index in [1.807, 2.05) is 84.9 Å². The van der Waals surface area contributed by atoms with E-state index >= 15 is 0 Å². The van der Waals surface area contributed by atoms with E-state index in [0.717, 1.165) is 71.7 Å². The van der Waals surface area contributed by atoms with Gasteiger partial charge in [0.05, 0.1) is 5.56 Å². The highest BCUT2D eigenvalue weighted by Gasteiger charge is 2.20. The third-order valence-corrected chi connectivity index (χ3v) is 9.35. The summed E-state index contributed by atoms with van der Waals surface area (Å²) in [6.45, 7) is 0. The van der Waals surface area contributed by atoms with Gasteiger partial charge < -0.3 is 8.83 Å². The molecule has 50 heavy (non-hydrogen) atoms. The van der Waals surface area contributed by atoms with Gasteiger partial charge in [-0.1, -0.05) is 121 Å². The smallest absolute Gasteiger partial charge is 0.167 e. The average Bonchev–Trinajstić information content (AvgIpc) is 3.76. The van der Waals surface area contributed by atoms with Crippen molar-refractivity contribution in [3.63, 3.8) is 0 Å². The number of nitrogens with zero attached hydrogens (tertiary/aromatic N) is 3. The Morgan fingerprint density at radius 1 is 0.300 bits per heavy atom. The Balaban J connectivity index is 1.20. The maximum absolute atomic E-state index is 6.58. The molecule has 3 aromatic heterocycles. The van der Waals surface area contributed by atoms with Crippen LogP contribution >= 0.6 is 0 Å². The molecule has 0 aliphatic rings. The van der Waals surface area contributed by atoms with E-state index in [2.05, 4.69) is 78.9 Å². The number of aromatic nitrogens is 3. The summed E-state index contributed by atoms with van der Waals surface area (Å²) in [6, 6.07) is 55.9. The number of hydrogen-bond acceptors (Lipinski definition) is 5. The zero-order valence-corrected chi connectivity index (χ0v) is 26.7. The first-order chi connectivity index (χ1) is 24.7. The minimum Gasteiger partial charge on any atom is -0.456 e. The van der Waals surface area contributed by atoms with Gasteiger partial charge in [0.2, 0.25) is 0 Å². The van der Waals surface area contributed by atoms with Crippen LogP contribution < -0.4 is 0 Å². The first-order valence-corrected chi connectivity index (χ1v) is 16.6. The molecule has 3 heterocycles. The predicted octanol–water partition coefficient (Wildman–Crippen LogP) is 12.0. The van der Waals surface area contributed by atoms with Crippen molar-refractivity contribution in [1.29, 1.82) is 0 Å². The number of hydrogen-bond donors (Lipinski definition) is 0. The molecule has 0 radical (unpaired) electrons. The molecule has 0 aliphatic heterocycles. The molecule has 0 aliphatic carbocycles. The van der Waals surface area contributed by atoms with Crippen molar-refractivity contribution < 1.29 is 8.83 Å². The van der Waals surface area contributed by atoms with Gasteiger partial charge in [-0.05, 0) is 64.7 Å². The fourth-order valence-electron chi connectivity index (χ4n) is 6.85. The maximum atomic E-state index is 6.58. The molecule has 0 saturated carbocycles. The monoisotopic (exact) mass is 641 g/mol. The first kappa shape index (κ1) is 28.2. The van der Waals surface area contributed by atoms with Crippen molar-refractivity contribution in [3.8, 4) is 56.4 Å². The fraction of sp³-hybridized carbons (Fsp3) is 0. The topological polar surface area (TPSA) is 65.0 Å². The van der Waals surface area contributed by atoms with Gasteiger partial charge in [0.25, 0.3) is 0 Å².